The van der Waals surface area contributed by atoms with Gasteiger partial charge in [-0.25, -0.2) is 0 Å². The number of fused-ring (bicyclic) bond motifs is 1. The van der Waals surface area contributed by atoms with Gasteiger partial charge >= 0.3 is 154 Å². The first kappa shape index (κ1) is 21.8. The van der Waals surface area contributed by atoms with Gasteiger partial charge in [-0.3, -0.25) is 0 Å². The van der Waals surface area contributed by atoms with Crippen LogP contribution in [0.5, 0.6) is 0 Å². The van der Waals surface area contributed by atoms with E-state index in [0.717, 1.165) is 0 Å². The minimum absolute atomic E-state index is 0. The molecule has 3 aliphatic carbocycles. The van der Waals surface area contributed by atoms with Gasteiger partial charge in [0.05, 0.1) is 0 Å². The Labute approximate surface area is 178 Å². The Morgan fingerprint density at radius 3 is 2.46 bits per heavy atom. The largest absolute Gasteiger partial charge is 1.00 e. The molecule has 0 radical (unpaired) electrons. The summed E-state index contributed by atoms with van der Waals surface area (Å²) in [5.74, 6) is 0.478. The van der Waals surface area contributed by atoms with E-state index in [1.807, 2.05) is 30.3 Å². The number of allylic oxidation sites excluding steroid dienone is 4. The maximum absolute atomic E-state index is 12.3. The number of halogens is 2. The monoisotopic (exact) mass is 426 g/mol. The Morgan fingerprint density at radius 1 is 1.00 bits per heavy atom. The van der Waals surface area contributed by atoms with E-state index in [9.17, 15) is 4.79 Å². The molecule has 0 amide bonds. The molecular weight excluding hydrogens is 403 g/mol. The van der Waals surface area contributed by atoms with Crippen LogP contribution in [-0.2, 0) is 22.9 Å². The fourth-order valence-electron chi connectivity index (χ4n) is 4.70. The van der Waals surface area contributed by atoms with Crippen LogP contribution < -0.4 is 24.8 Å². The molecule has 2 unspecified atom stereocenters. The normalized spacial score (nSPS) is 23.9. The Balaban J connectivity index is 0.00000121. The molecule has 0 fully saturated rings. The van der Waals surface area contributed by atoms with Crippen molar-refractivity contribution in [2.45, 2.75) is 56.1 Å². The third-order valence-corrected chi connectivity index (χ3v) is 7.67. The van der Waals surface area contributed by atoms with E-state index in [2.05, 4.69) is 6.92 Å². The van der Waals surface area contributed by atoms with Gasteiger partial charge in [-0.1, -0.05) is 0 Å². The smallest absolute Gasteiger partial charge is 1.00 e. The molecule has 5 heteroatoms. The van der Waals surface area contributed by atoms with Crippen LogP contribution in [0.2, 0.25) is 4.22 Å². The Bertz CT molecular complexity index is 712. The van der Waals surface area contributed by atoms with Crippen molar-refractivity contribution < 1.29 is 52.5 Å². The molecule has 26 heavy (non-hydrogen) atoms. The second kappa shape index (κ2) is 9.60. The van der Waals surface area contributed by atoms with Crippen LogP contribution in [-0.4, -0.2) is 5.97 Å². The number of hydrogen-bond acceptors (Lipinski definition) is 2. The van der Waals surface area contributed by atoms with Crippen LogP contribution >= 0.6 is 0 Å². The summed E-state index contributed by atoms with van der Waals surface area (Å²) >= 11 is -0.740. The molecule has 1 aromatic carbocycles. The van der Waals surface area contributed by atoms with Crippen molar-refractivity contribution >= 4 is 5.97 Å². The minimum Gasteiger partial charge on any atom is -1.00 e. The van der Waals surface area contributed by atoms with Crippen molar-refractivity contribution in [1.82, 2.24) is 0 Å². The van der Waals surface area contributed by atoms with Gasteiger partial charge in [-0.05, 0) is 0 Å². The summed E-state index contributed by atoms with van der Waals surface area (Å²) < 4.78 is 6.35. The standard InChI is InChI=1S/C14H19.C7H6O2.2ClH.Ti/c1-10-11-6-2-4-8-13(11)14-9-5-3-7-12(10)14;8-7(9)6-4-2-1-3-5-6;;;/h6,10H,2-5,7-9H2,1H3;1-5H,(H,8,9);2*1H;/q;;;;+3/p-3. The Hall–Kier alpha value is -0.536. The van der Waals surface area contributed by atoms with Gasteiger partial charge in [-0.15, -0.1) is 0 Å². The number of benzene rings is 1. The van der Waals surface area contributed by atoms with Crippen molar-refractivity contribution in [3.8, 4) is 0 Å². The molecule has 0 heterocycles. The molecule has 0 N–H and O–H groups in total. The fourth-order valence-corrected chi connectivity index (χ4v) is 6.64. The molecule has 138 valence electrons. The van der Waals surface area contributed by atoms with E-state index in [1.165, 1.54) is 44.9 Å². The van der Waals surface area contributed by atoms with Gasteiger partial charge in [0.25, 0.3) is 0 Å². The van der Waals surface area contributed by atoms with Gasteiger partial charge in [0, 0.05) is 0 Å². The van der Waals surface area contributed by atoms with Gasteiger partial charge in [0.15, 0.2) is 0 Å². The first-order chi connectivity index (χ1) is 11.8. The maximum Gasteiger partial charge on any atom is -1.00 e. The van der Waals surface area contributed by atoms with E-state index in [0.29, 0.717) is 15.7 Å². The predicted molar refractivity (Wildman–Crippen MR) is 91.1 cm³/mol. The van der Waals surface area contributed by atoms with Gasteiger partial charge < -0.3 is 24.8 Å². The zero-order chi connectivity index (χ0) is 16.5. The van der Waals surface area contributed by atoms with Crippen LogP contribution in [0.1, 0.15) is 62.2 Å². The SMILES string of the molecule is CC1C2=C(CCCC2)C2=C1[CH]([Ti+2][O]C(=O)c1ccccc1)CCC2.[Cl-].[Cl-]. The summed E-state index contributed by atoms with van der Waals surface area (Å²) in [7, 11) is 0. The first-order valence-corrected chi connectivity index (χ1v) is 10.8. The molecule has 4 rings (SSSR count). The average Bonchev–Trinajstić information content (AvgIpc) is 2.94. The zero-order valence-electron chi connectivity index (χ0n) is 15.1. The zero-order valence-corrected chi connectivity index (χ0v) is 18.1. The molecule has 2 nitrogen and oxygen atoms in total. The third kappa shape index (κ3) is 4.14. The maximum atomic E-state index is 12.3. The van der Waals surface area contributed by atoms with Crippen LogP contribution in [0.25, 0.3) is 0 Å². The van der Waals surface area contributed by atoms with Gasteiger partial charge in [-0.2, -0.15) is 0 Å². The first-order valence-electron chi connectivity index (χ1n) is 9.22. The van der Waals surface area contributed by atoms with E-state index in [4.69, 9.17) is 3.32 Å². The van der Waals surface area contributed by atoms with E-state index in [1.54, 1.807) is 22.3 Å². The Kier molecular flexibility index (Phi) is 8.03. The molecule has 1 aromatic rings. The van der Waals surface area contributed by atoms with E-state index < -0.39 is 19.5 Å². The number of rotatable bonds is 3. The van der Waals surface area contributed by atoms with Gasteiger partial charge in [0.2, 0.25) is 0 Å². The summed E-state index contributed by atoms with van der Waals surface area (Å²) in [6.07, 6.45) is 9.02. The van der Waals surface area contributed by atoms with Crippen LogP contribution in [0.15, 0.2) is 52.6 Å². The molecule has 0 spiro atoms. The number of carbonyl (C=O) groups is 1. The van der Waals surface area contributed by atoms with Crippen molar-refractivity contribution in [1.29, 1.82) is 0 Å². The van der Waals surface area contributed by atoms with E-state index >= 15 is 0 Å². The molecule has 0 saturated carbocycles. The van der Waals surface area contributed by atoms with Crippen molar-refractivity contribution in [2.75, 3.05) is 0 Å². The molecule has 0 aromatic heterocycles. The minimum atomic E-state index is -0.740. The summed E-state index contributed by atoms with van der Waals surface area (Å²) in [4.78, 5) is 12.3. The predicted octanol–water partition coefficient (Wildman–Crippen LogP) is -0.362. The van der Waals surface area contributed by atoms with Crippen LogP contribution in [0.3, 0.4) is 0 Å². The molecule has 2 atom stereocenters. The van der Waals surface area contributed by atoms with E-state index in [-0.39, 0.29) is 30.8 Å². The topological polar surface area (TPSA) is 26.3 Å². The van der Waals surface area contributed by atoms with Crippen molar-refractivity contribution in [3.05, 3.63) is 58.2 Å². The van der Waals surface area contributed by atoms with Crippen molar-refractivity contribution in [2.24, 2.45) is 5.92 Å². The molecule has 0 aliphatic heterocycles. The van der Waals surface area contributed by atoms with Crippen molar-refractivity contribution in [3.63, 3.8) is 0 Å². The molecule has 0 bridgehead atoms. The second-order valence-electron chi connectivity index (χ2n) is 7.18. The molecular formula is C21H24Cl2O2Ti. The molecule has 3 aliphatic rings. The third-order valence-electron chi connectivity index (χ3n) is 5.81. The Morgan fingerprint density at radius 2 is 1.69 bits per heavy atom. The summed E-state index contributed by atoms with van der Waals surface area (Å²) in [5.41, 5.74) is 7.44. The summed E-state index contributed by atoms with van der Waals surface area (Å²) in [6.45, 7) is 2.40. The molecule has 0 saturated heterocycles. The van der Waals surface area contributed by atoms with Gasteiger partial charge in [0.1, 0.15) is 0 Å². The van der Waals surface area contributed by atoms with Crippen LogP contribution in [0.4, 0.5) is 0 Å². The summed E-state index contributed by atoms with van der Waals surface area (Å²) in [5, 5.41) is 0. The van der Waals surface area contributed by atoms with Crippen LogP contribution in [0, 0.1) is 5.92 Å². The quantitative estimate of drug-likeness (QED) is 0.617. The second-order valence-corrected chi connectivity index (χ2v) is 8.96. The number of hydrogen-bond donors (Lipinski definition) is 0. The average molecular weight is 427 g/mol. The number of carbonyl (C=O) groups excluding carboxylic acids is 1. The summed E-state index contributed by atoms with van der Waals surface area (Å²) in [6, 6.07) is 9.42. The fraction of sp³-hybridized carbons (Fsp3) is 0.476.